The van der Waals surface area contributed by atoms with Crippen molar-refractivity contribution in [3.8, 4) is 0 Å². The highest BCUT2D eigenvalue weighted by Crippen LogP contribution is 2.26. The fraction of sp³-hybridized carbons (Fsp3) is 0.312. The average molecular weight is 258 g/mol. The summed E-state index contributed by atoms with van der Waals surface area (Å²) in [7, 11) is 0. The molecule has 0 spiro atoms. The van der Waals surface area contributed by atoms with Gasteiger partial charge in [0.15, 0.2) is 0 Å². The molecule has 3 heteroatoms. The van der Waals surface area contributed by atoms with Crippen LogP contribution in [0.1, 0.15) is 35.3 Å². The van der Waals surface area contributed by atoms with Gasteiger partial charge in [-0.05, 0) is 38.1 Å². The van der Waals surface area contributed by atoms with E-state index in [0.29, 0.717) is 5.56 Å². The molecule has 0 radical (unpaired) electrons. The maximum absolute atomic E-state index is 14.1. The van der Waals surface area contributed by atoms with Crippen LogP contribution in [0.4, 0.5) is 4.39 Å². The Kier molecular flexibility index (Phi) is 4.27. The average Bonchev–Trinajstić information content (AvgIpc) is 2.40. The number of rotatable bonds is 4. The Hall–Kier alpha value is -1.74. The smallest absolute Gasteiger partial charge is 0.128 e. The molecule has 0 amide bonds. The Bertz CT molecular complexity index is 566. The van der Waals surface area contributed by atoms with Gasteiger partial charge in [-0.2, -0.15) is 0 Å². The first-order chi connectivity index (χ1) is 9.13. The van der Waals surface area contributed by atoms with E-state index in [2.05, 4.69) is 10.3 Å². The van der Waals surface area contributed by atoms with E-state index in [9.17, 15) is 4.39 Å². The summed E-state index contributed by atoms with van der Waals surface area (Å²) in [6.45, 7) is 6.72. The second-order valence-corrected chi connectivity index (χ2v) is 4.69. The van der Waals surface area contributed by atoms with Gasteiger partial charge in [0.2, 0.25) is 0 Å². The molecule has 0 bridgehead atoms. The quantitative estimate of drug-likeness (QED) is 0.907. The van der Waals surface area contributed by atoms with Gasteiger partial charge in [0.05, 0.1) is 6.04 Å². The molecule has 0 aliphatic heterocycles. The monoisotopic (exact) mass is 258 g/mol. The fourth-order valence-electron chi connectivity index (χ4n) is 2.28. The van der Waals surface area contributed by atoms with Gasteiger partial charge in [-0.1, -0.05) is 30.7 Å². The zero-order valence-corrected chi connectivity index (χ0v) is 11.6. The first-order valence-corrected chi connectivity index (χ1v) is 6.54. The Labute approximate surface area is 113 Å². The van der Waals surface area contributed by atoms with E-state index >= 15 is 0 Å². The summed E-state index contributed by atoms with van der Waals surface area (Å²) in [4.78, 5) is 4.30. The van der Waals surface area contributed by atoms with Crippen LogP contribution in [0.15, 0.2) is 36.5 Å². The van der Waals surface area contributed by atoms with Crippen molar-refractivity contribution in [2.45, 2.75) is 26.8 Å². The molecule has 1 atom stereocenters. The van der Waals surface area contributed by atoms with Crippen molar-refractivity contribution >= 4 is 0 Å². The zero-order chi connectivity index (χ0) is 13.8. The van der Waals surface area contributed by atoms with Crippen LogP contribution in [0.3, 0.4) is 0 Å². The van der Waals surface area contributed by atoms with Crippen molar-refractivity contribution in [3.05, 3.63) is 64.7 Å². The molecule has 2 nitrogen and oxygen atoms in total. The third-order valence-corrected chi connectivity index (χ3v) is 3.23. The molecule has 0 saturated carbocycles. The highest BCUT2D eigenvalue weighted by Gasteiger charge is 2.19. The Morgan fingerprint density at radius 3 is 2.68 bits per heavy atom. The molecule has 0 saturated heterocycles. The minimum Gasteiger partial charge on any atom is -0.306 e. The fourth-order valence-corrected chi connectivity index (χ4v) is 2.28. The molecule has 2 rings (SSSR count). The van der Waals surface area contributed by atoms with Gasteiger partial charge in [-0.3, -0.25) is 4.98 Å². The number of benzene rings is 1. The minimum atomic E-state index is -0.181. The van der Waals surface area contributed by atoms with Crippen molar-refractivity contribution in [1.82, 2.24) is 10.3 Å². The van der Waals surface area contributed by atoms with Crippen molar-refractivity contribution < 1.29 is 4.39 Å². The van der Waals surface area contributed by atoms with Crippen LogP contribution in [-0.4, -0.2) is 11.5 Å². The van der Waals surface area contributed by atoms with E-state index in [1.54, 1.807) is 12.3 Å². The lowest BCUT2D eigenvalue weighted by Crippen LogP contribution is -2.24. The molecular weight excluding hydrogens is 239 g/mol. The van der Waals surface area contributed by atoms with Gasteiger partial charge in [-0.25, -0.2) is 4.39 Å². The van der Waals surface area contributed by atoms with E-state index in [1.807, 2.05) is 39.0 Å². The van der Waals surface area contributed by atoms with Gasteiger partial charge < -0.3 is 5.32 Å². The van der Waals surface area contributed by atoms with Crippen molar-refractivity contribution in [1.29, 1.82) is 0 Å². The SMILES string of the molecule is CCNC(c1cc(C)ccc1F)c1cccnc1C. The summed E-state index contributed by atoms with van der Waals surface area (Å²) in [5.74, 6) is -0.181. The highest BCUT2D eigenvalue weighted by molar-refractivity contribution is 5.36. The summed E-state index contributed by atoms with van der Waals surface area (Å²) in [6.07, 6.45) is 1.76. The van der Waals surface area contributed by atoms with Gasteiger partial charge in [0, 0.05) is 17.5 Å². The zero-order valence-electron chi connectivity index (χ0n) is 11.6. The molecule has 19 heavy (non-hydrogen) atoms. The molecule has 1 heterocycles. The van der Waals surface area contributed by atoms with E-state index in [1.165, 1.54) is 6.07 Å². The van der Waals surface area contributed by atoms with Crippen molar-refractivity contribution in [3.63, 3.8) is 0 Å². The molecule has 1 aromatic carbocycles. The van der Waals surface area contributed by atoms with Crippen molar-refractivity contribution in [2.24, 2.45) is 0 Å². The molecule has 2 aromatic rings. The minimum absolute atomic E-state index is 0.154. The molecule has 1 unspecified atom stereocenters. The lowest BCUT2D eigenvalue weighted by molar-refractivity contribution is 0.556. The number of aromatic nitrogens is 1. The standard InChI is InChI=1S/C16H19FN2/c1-4-18-16(13-6-5-9-19-12(13)3)14-10-11(2)7-8-15(14)17/h5-10,16,18H,4H2,1-3H3. The first-order valence-electron chi connectivity index (χ1n) is 6.54. The highest BCUT2D eigenvalue weighted by atomic mass is 19.1. The number of nitrogens with zero attached hydrogens (tertiary/aromatic N) is 1. The van der Waals surface area contributed by atoms with E-state index in [0.717, 1.165) is 23.4 Å². The van der Waals surface area contributed by atoms with Crippen LogP contribution in [0.5, 0.6) is 0 Å². The van der Waals surface area contributed by atoms with Crippen LogP contribution < -0.4 is 5.32 Å². The predicted octanol–water partition coefficient (Wildman–Crippen LogP) is 3.54. The topological polar surface area (TPSA) is 24.9 Å². The van der Waals surface area contributed by atoms with E-state index in [-0.39, 0.29) is 11.9 Å². The maximum Gasteiger partial charge on any atom is 0.128 e. The summed E-state index contributed by atoms with van der Waals surface area (Å²) >= 11 is 0. The van der Waals surface area contributed by atoms with E-state index in [4.69, 9.17) is 0 Å². The number of hydrogen-bond donors (Lipinski definition) is 1. The van der Waals surface area contributed by atoms with Gasteiger partial charge in [0.1, 0.15) is 5.82 Å². The molecule has 100 valence electrons. The van der Waals surface area contributed by atoms with E-state index < -0.39 is 0 Å². The Balaban J connectivity index is 2.51. The Morgan fingerprint density at radius 2 is 2.00 bits per heavy atom. The summed E-state index contributed by atoms with van der Waals surface area (Å²) in [5.41, 5.74) is 3.68. The second kappa shape index (κ2) is 5.93. The molecule has 0 aliphatic rings. The molecular formula is C16H19FN2. The predicted molar refractivity (Wildman–Crippen MR) is 75.6 cm³/mol. The maximum atomic E-state index is 14.1. The number of aryl methyl sites for hydroxylation is 2. The lowest BCUT2D eigenvalue weighted by Gasteiger charge is -2.21. The summed E-state index contributed by atoms with van der Waals surface area (Å²) in [5, 5.41) is 3.34. The number of pyridine rings is 1. The molecule has 1 N–H and O–H groups in total. The third-order valence-electron chi connectivity index (χ3n) is 3.23. The van der Waals surface area contributed by atoms with Crippen LogP contribution in [0.2, 0.25) is 0 Å². The first kappa shape index (κ1) is 13.7. The van der Waals surface area contributed by atoms with Crippen LogP contribution in [0, 0.1) is 19.7 Å². The van der Waals surface area contributed by atoms with Crippen LogP contribution in [-0.2, 0) is 0 Å². The van der Waals surface area contributed by atoms with Gasteiger partial charge in [0.25, 0.3) is 0 Å². The Morgan fingerprint density at radius 1 is 1.21 bits per heavy atom. The van der Waals surface area contributed by atoms with Crippen LogP contribution >= 0.6 is 0 Å². The summed E-state index contributed by atoms with van der Waals surface area (Å²) in [6, 6.07) is 8.95. The number of hydrogen-bond acceptors (Lipinski definition) is 2. The van der Waals surface area contributed by atoms with Crippen LogP contribution in [0.25, 0.3) is 0 Å². The number of halogens is 1. The van der Waals surface area contributed by atoms with Gasteiger partial charge >= 0.3 is 0 Å². The third kappa shape index (κ3) is 2.99. The molecule has 0 aliphatic carbocycles. The number of nitrogens with one attached hydrogen (secondary N) is 1. The summed E-state index contributed by atoms with van der Waals surface area (Å²) < 4.78 is 14.1. The normalized spacial score (nSPS) is 12.4. The largest absolute Gasteiger partial charge is 0.306 e. The molecule has 1 aromatic heterocycles. The molecule has 0 fully saturated rings. The van der Waals surface area contributed by atoms with Gasteiger partial charge in [-0.15, -0.1) is 0 Å². The second-order valence-electron chi connectivity index (χ2n) is 4.69. The lowest BCUT2D eigenvalue weighted by atomic mass is 9.96. The van der Waals surface area contributed by atoms with Crippen molar-refractivity contribution in [2.75, 3.05) is 6.54 Å².